The zero-order chi connectivity index (χ0) is 33.1. The first-order chi connectivity index (χ1) is 22.0. The molecule has 0 aromatic heterocycles. The molecule has 0 spiro atoms. The summed E-state index contributed by atoms with van der Waals surface area (Å²) in [6.07, 6.45) is 44.3. The molecule has 0 heterocycles. The molecule has 0 bridgehead atoms. The van der Waals surface area contributed by atoms with Crippen LogP contribution in [-0.4, -0.2) is 40.7 Å². The van der Waals surface area contributed by atoms with Crippen LogP contribution in [0.25, 0.3) is 0 Å². The normalized spacial score (nSPS) is 13.7. The molecule has 0 aromatic carbocycles. The summed E-state index contributed by atoms with van der Waals surface area (Å²) in [4.78, 5) is 24.4. The lowest BCUT2D eigenvalue weighted by atomic mass is 10.0. The number of carbonyl (C=O) groups excluding carboxylic acids is 2. The minimum atomic E-state index is -0.931. The maximum atomic E-state index is 12.3. The summed E-state index contributed by atoms with van der Waals surface area (Å²) < 4.78 is 0. The van der Waals surface area contributed by atoms with Crippen LogP contribution in [0.4, 0.5) is 0 Å². The summed E-state index contributed by atoms with van der Waals surface area (Å²) in [6, 6.07) is -0.739. The van der Waals surface area contributed by atoms with Gasteiger partial charge in [-0.2, -0.15) is 0 Å². The standard InChI is InChI=1S/C40H69NO4/c1-3-5-7-9-11-13-15-17-18-20-22-24-26-28-30-34-39(44)38(36-42)41-40(45)35-31-33-37(43)32-29-27-25-23-21-19-16-14-12-10-8-6-4-2/h12,14,19,21,25,27,29-30,32,34,38-39,42,44H,3-11,13,15-18,20,22-24,26,28,31,33,35-36H2,1-2H3,(H,41,45)/b14-12-,21-19-,27-25-,32-29+,34-30+/t38-,39+/m0/s1. The first kappa shape index (κ1) is 42.8. The molecule has 0 aliphatic carbocycles. The molecule has 0 aliphatic rings. The summed E-state index contributed by atoms with van der Waals surface area (Å²) in [5.74, 6) is -0.289. The van der Waals surface area contributed by atoms with Gasteiger partial charge < -0.3 is 15.5 Å². The monoisotopic (exact) mass is 628 g/mol. The van der Waals surface area contributed by atoms with E-state index in [0.29, 0.717) is 6.42 Å². The highest BCUT2D eigenvalue weighted by molar-refractivity contribution is 5.90. The van der Waals surface area contributed by atoms with Crippen molar-refractivity contribution in [2.24, 2.45) is 0 Å². The Morgan fingerprint density at radius 1 is 0.600 bits per heavy atom. The first-order valence-electron chi connectivity index (χ1n) is 18.5. The van der Waals surface area contributed by atoms with Crippen molar-refractivity contribution in [2.75, 3.05) is 6.61 Å². The molecule has 45 heavy (non-hydrogen) atoms. The summed E-state index contributed by atoms with van der Waals surface area (Å²) in [7, 11) is 0. The van der Waals surface area contributed by atoms with Crippen molar-refractivity contribution >= 4 is 11.7 Å². The van der Waals surface area contributed by atoms with E-state index in [9.17, 15) is 19.8 Å². The molecule has 2 atom stereocenters. The summed E-state index contributed by atoms with van der Waals surface area (Å²) in [5, 5.41) is 22.7. The van der Waals surface area contributed by atoms with E-state index in [1.54, 1.807) is 18.2 Å². The van der Waals surface area contributed by atoms with Gasteiger partial charge in [0, 0.05) is 12.8 Å². The van der Waals surface area contributed by atoms with Gasteiger partial charge in [-0.1, -0.05) is 158 Å². The summed E-state index contributed by atoms with van der Waals surface area (Å²) >= 11 is 0. The van der Waals surface area contributed by atoms with Crippen LogP contribution in [-0.2, 0) is 9.59 Å². The number of aliphatic hydroxyl groups excluding tert-OH is 2. The van der Waals surface area contributed by atoms with E-state index in [4.69, 9.17) is 0 Å². The molecule has 0 aliphatic heterocycles. The minimum Gasteiger partial charge on any atom is -0.394 e. The van der Waals surface area contributed by atoms with Crippen molar-refractivity contribution in [2.45, 2.75) is 174 Å². The second-order valence-corrected chi connectivity index (χ2v) is 12.3. The SMILES string of the molecule is CCCCC/C=C\C/C=C\C/C=C\C=C\C(=O)CCCC(=O)N[C@@H](CO)[C@H](O)/C=C/CCCCCCCCCCCCCCC. The topological polar surface area (TPSA) is 86.6 Å². The van der Waals surface area contributed by atoms with Gasteiger partial charge in [-0.3, -0.25) is 9.59 Å². The zero-order valence-electron chi connectivity index (χ0n) is 29.1. The van der Waals surface area contributed by atoms with Gasteiger partial charge >= 0.3 is 0 Å². The molecule has 258 valence electrons. The zero-order valence-corrected chi connectivity index (χ0v) is 29.1. The fourth-order valence-corrected chi connectivity index (χ4v) is 5.07. The third-order valence-electron chi connectivity index (χ3n) is 7.97. The predicted molar refractivity (Wildman–Crippen MR) is 193 cm³/mol. The number of hydrogen-bond acceptors (Lipinski definition) is 4. The van der Waals surface area contributed by atoms with Gasteiger partial charge in [0.05, 0.1) is 18.8 Å². The number of nitrogens with one attached hydrogen (secondary N) is 1. The van der Waals surface area contributed by atoms with Gasteiger partial charge in [-0.15, -0.1) is 0 Å². The van der Waals surface area contributed by atoms with Crippen molar-refractivity contribution in [3.8, 4) is 0 Å². The Hall–Kier alpha value is -2.24. The molecule has 0 rings (SSSR count). The van der Waals surface area contributed by atoms with Gasteiger partial charge in [0.25, 0.3) is 0 Å². The van der Waals surface area contributed by atoms with Crippen LogP contribution < -0.4 is 5.32 Å². The van der Waals surface area contributed by atoms with Crippen LogP contribution in [0.2, 0.25) is 0 Å². The average molecular weight is 628 g/mol. The van der Waals surface area contributed by atoms with Gasteiger partial charge in [0.2, 0.25) is 5.91 Å². The Morgan fingerprint density at radius 3 is 1.73 bits per heavy atom. The highest BCUT2D eigenvalue weighted by Gasteiger charge is 2.18. The van der Waals surface area contributed by atoms with Crippen LogP contribution in [0.3, 0.4) is 0 Å². The van der Waals surface area contributed by atoms with Gasteiger partial charge in [0.15, 0.2) is 5.78 Å². The third kappa shape index (κ3) is 31.5. The second kappa shape index (κ2) is 34.6. The lowest BCUT2D eigenvalue weighted by Gasteiger charge is -2.19. The molecule has 0 unspecified atom stereocenters. The predicted octanol–water partition coefficient (Wildman–Crippen LogP) is 10.2. The minimum absolute atomic E-state index is 0.0222. The molecule has 0 aromatic rings. The van der Waals surface area contributed by atoms with E-state index in [1.807, 2.05) is 18.2 Å². The maximum Gasteiger partial charge on any atom is 0.220 e. The van der Waals surface area contributed by atoms with Gasteiger partial charge in [-0.25, -0.2) is 0 Å². The number of carbonyl (C=O) groups is 2. The molecule has 0 fully saturated rings. The largest absolute Gasteiger partial charge is 0.394 e. The highest BCUT2D eigenvalue weighted by atomic mass is 16.3. The van der Waals surface area contributed by atoms with Crippen LogP contribution in [0, 0.1) is 0 Å². The van der Waals surface area contributed by atoms with E-state index in [-0.39, 0.29) is 31.1 Å². The van der Waals surface area contributed by atoms with Crippen LogP contribution >= 0.6 is 0 Å². The third-order valence-corrected chi connectivity index (χ3v) is 7.97. The molecule has 0 saturated heterocycles. The maximum absolute atomic E-state index is 12.3. The number of amides is 1. The number of unbranched alkanes of at least 4 members (excludes halogenated alkanes) is 16. The van der Waals surface area contributed by atoms with Crippen molar-refractivity contribution in [1.82, 2.24) is 5.32 Å². The van der Waals surface area contributed by atoms with Gasteiger partial charge in [0.1, 0.15) is 0 Å². The molecule has 0 radical (unpaired) electrons. The molecule has 3 N–H and O–H groups in total. The van der Waals surface area contributed by atoms with E-state index in [1.165, 1.54) is 96.3 Å². The number of hydrogen-bond donors (Lipinski definition) is 3. The van der Waals surface area contributed by atoms with E-state index < -0.39 is 12.1 Å². The summed E-state index contributed by atoms with van der Waals surface area (Å²) in [5.41, 5.74) is 0. The summed E-state index contributed by atoms with van der Waals surface area (Å²) in [6.45, 7) is 4.14. The quantitative estimate of drug-likeness (QED) is 0.0300. The van der Waals surface area contributed by atoms with Crippen LogP contribution in [0.5, 0.6) is 0 Å². The Balaban J connectivity index is 3.89. The Kier molecular flexibility index (Phi) is 32.9. The number of allylic oxidation sites excluding steroid dienone is 9. The molecule has 5 heteroatoms. The average Bonchev–Trinajstić information content (AvgIpc) is 3.03. The first-order valence-corrected chi connectivity index (χ1v) is 18.5. The van der Waals surface area contributed by atoms with Crippen molar-refractivity contribution in [3.05, 3.63) is 60.8 Å². The lowest BCUT2D eigenvalue weighted by Crippen LogP contribution is -2.45. The fraction of sp³-hybridized carbons (Fsp3) is 0.700. The number of rotatable bonds is 32. The van der Waals surface area contributed by atoms with E-state index >= 15 is 0 Å². The molecule has 1 amide bonds. The van der Waals surface area contributed by atoms with Crippen molar-refractivity contribution < 1.29 is 19.8 Å². The molecule has 5 nitrogen and oxygen atoms in total. The Bertz CT molecular complexity index is 826. The van der Waals surface area contributed by atoms with E-state index in [0.717, 1.165) is 32.1 Å². The van der Waals surface area contributed by atoms with Crippen LogP contribution in [0.15, 0.2) is 60.8 Å². The lowest BCUT2D eigenvalue weighted by molar-refractivity contribution is -0.123. The smallest absolute Gasteiger partial charge is 0.220 e. The van der Waals surface area contributed by atoms with Crippen LogP contribution in [0.1, 0.15) is 162 Å². The van der Waals surface area contributed by atoms with Crippen molar-refractivity contribution in [3.63, 3.8) is 0 Å². The Morgan fingerprint density at radius 2 is 1.11 bits per heavy atom. The number of ketones is 1. The van der Waals surface area contributed by atoms with E-state index in [2.05, 4.69) is 43.5 Å². The second-order valence-electron chi connectivity index (χ2n) is 12.3. The molecular weight excluding hydrogens is 558 g/mol. The highest BCUT2D eigenvalue weighted by Crippen LogP contribution is 2.13. The molecular formula is C40H69NO4. The van der Waals surface area contributed by atoms with Crippen molar-refractivity contribution in [1.29, 1.82) is 0 Å². The Labute approximate surface area is 277 Å². The van der Waals surface area contributed by atoms with Gasteiger partial charge in [-0.05, 0) is 51.0 Å². The number of aliphatic hydroxyl groups is 2. The fourth-order valence-electron chi connectivity index (χ4n) is 5.07. The molecule has 0 saturated carbocycles.